The SMILES string of the molecule is CCCC(O[P+](=O)OC(CCC)(c1ccc(Cl)cc1)c1ccc(Cl)cc1)(c1ccc(Cl)cc1)c1ccc(Cl)cc1. The maximum Gasteiger partial charge on any atom is 0.699 e. The summed E-state index contributed by atoms with van der Waals surface area (Å²) in [5, 5.41) is 2.38. The van der Waals surface area contributed by atoms with E-state index in [9.17, 15) is 4.57 Å². The van der Waals surface area contributed by atoms with Gasteiger partial charge in [-0.25, -0.2) is 0 Å². The Labute approximate surface area is 257 Å². The molecule has 4 aromatic carbocycles. The highest BCUT2D eigenvalue weighted by Crippen LogP contribution is 2.52. The van der Waals surface area contributed by atoms with Crippen molar-refractivity contribution in [2.75, 3.05) is 0 Å². The third-order valence-electron chi connectivity index (χ3n) is 6.91. The molecule has 0 fully saturated rings. The summed E-state index contributed by atoms with van der Waals surface area (Å²) in [6, 6.07) is 29.6. The number of hydrogen-bond acceptors (Lipinski definition) is 3. The molecule has 0 aliphatic rings. The van der Waals surface area contributed by atoms with Gasteiger partial charge in [0.25, 0.3) is 0 Å². The first-order valence-electron chi connectivity index (χ1n) is 13.1. The van der Waals surface area contributed by atoms with Crippen molar-refractivity contribution < 1.29 is 13.6 Å². The van der Waals surface area contributed by atoms with Gasteiger partial charge < -0.3 is 0 Å². The van der Waals surface area contributed by atoms with E-state index in [-0.39, 0.29) is 0 Å². The topological polar surface area (TPSA) is 35.5 Å². The number of halogens is 4. The molecule has 0 aromatic heterocycles. The van der Waals surface area contributed by atoms with Crippen LogP contribution >= 0.6 is 54.7 Å². The highest BCUT2D eigenvalue weighted by molar-refractivity contribution is 7.33. The lowest BCUT2D eigenvalue weighted by Crippen LogP contribution is -2.32. The zero-order valence-electron chi connectivity index (χ0n) is 22.2. The second kappa shape index (κ2) is 13.8. The molecule has 0 unspecified atom stereocenters. The van der Waals surface area contributed by atoms with E-state index in [1.807, 2.05) is 48.5 Å². The number of rotatable bonds is 12. The van der Waals surface area contributed by atoms with Crippen molar-refractivity contribution in [2.45, 2.75) is 50.7 Å². The Morgan fingerprint density at radius 1 is 0.500 bits per heavy atom. The number of benzene rings is 4. The van der Waals surface area contributed by atoms with E-state index in [1.165, 1.54) is 0 Å². The third-order valence-corrected chi connectivity index (χ3v) is 8.84. The average Bonchev–Trinajstić information content (AvgIpc) is 2.94. The molecule has 0 N–H and O–H groups in total. The van der Waals surface area contributed by atoms with Gasteiger partial charge in [-0.1, -0.05) is 122 Å². The quantitative estimate of drug-likeness (QED) is 0.145. The lowest BCUT2D eigenvalue weighted by molar-refractivity contribution is 0.0356. The Hall–Kier alpha value is -1.94. The van der Waals surface area contributed by atoms with Crippen molar-refractivity contribution in [2.24, 2.45) is 0 Å². The molecule has 0 saturated heterocycles. The second-order valence-corrected chi connectivity index (χ2v) is 12.1. The summed E-state index contributed by atoms with van der Waals surface area (Å²) in [6.45, 7) is 4.11. The molecule has 208 valence electrons. The summed E-state index contributed by atoms with van der Waals surface area (Å²) in [5.74, 6) is 0. The molecule has 40 heavy (non-hydrogen) atoms. The summed E-state index contributed by atoms with van der Waals surface area (Å²) in [7, 11) is -2.69. The fraction of sp³-hybridized carbons (Fsp3) is 0.250. The van der Waals surface area contributed by atoms with Crippen LogP contribution in [0.2, 0.25) is 20.1 Å². The van der Waals surface area contributed by atoms with Crippen molar-refractivity contribution in [1.29, 1.82) is 0 Å². The molecule has 0 bridgehead atoms. The lowest BCUT2D eigenvalue weighted by Gasteiger charge is -2.32. The van der Waals surface area contributed by atoms with Crippen LogP contribution in [0.15, 0.2) is 97.1 Å². The van der Waals surface area contributed by atoms with Gasteiger partial charge in [-0.3, -0.25) is 0 Å². The summed E-state index contributed by atoms with van der Waals surface area (Å²) in [6.07, 6.45) is 2.60. The van der Waals surface area contributed by atoms with E-state index >= 15 is 0 Å². The Kier molecular flexibility index (Phi) is 10.7. The summed E-state index contributed by atoms with van der Waals surface area (Å²) < 4.78 is 27.3. The molecule has 8 heteroatoms. The second-order valence-electron chi connectivity index (χ2n) is 9.59. The molecule has 0 radical (unpaired) electrons. The summed E-state index contributed by atoms with van der Waals surface area (Å²) in [5.41, 5.74) is 1.10. The molecular weight excluding hydrogens is 605 g/mol. The lowest BCUT2D eigenvalue weighted by atomic mass is 9.83. The Morgan fingerprint density at radius 2 is 0.725 bits per heavy atom. The zero-order valence-corrected chi connectivity index (χ0v) is 26.2. The van der Waals surface area contributed by atoms with Gasteiger partial charge in [0.1, 0.15) is 0 Å². The van der Waals surface area contributed by atoms with Gasteiger partial charge in [0.05, 0.1) is 0 Å². The van der Waals surface area contributed by atoms with Gasteiger partial charge >= 0.3 is 8.25 Å². The minimum Gasteiger partial charge on any atom is -0.103 e. The van der Waals surface area contributed by atoms with Gasteiger partial charge in [0.15, 0.2) is 11.2 Å². The molecule has 0 amide bonds. The minimum absolute atomic E-state index is 0.545. The molecule has 0 atom stereocenters. The fourth-order valence-electron chi connectivity index (χ4n) is 5.07. The average molecular weight is 635 g/mol. The zero-order chi connectivity index (χ0) is 28.8. The van der Waals surface area contributed by atoms with E-state index in [1.54, 1.807) is 48.5 Å². The van der Waals surface area contributed by atoms with Crippen molar-refractivity contribution in [3.63, 3.8) is 0 Å². The first-order valence-corrected chi connectivity index (χ1v) is 15.7. The first kappa shape index (κ1) is 31.0. The molecule has 3 nitrogen and oxygen atoms in total. The largest absolute Gasteiger partial charge is 0.699 e. The normalized spacial score (nSPS) is 11.9. The van der Waals surface area contributed by atoms with Crippen LogP contribution in [-0.2, 0) is 24.8 Å². The monoisotopic (exact) mass is 633 g/mol. The van der Waals surface area contributed by atoms with Gasteiger partial charge in [-0.05, 0) is 83.6 Å². The van der Waals surface area contributed by atoms with E-state index in [0.29, 0.717) is 32.9 Å². The molecular formula is C32H30Cl4O3P+. The van der Waals surface area contributed by atoms with Crippen LogP contribution in [0, 0.1) is 0 Å². The van der Waals surface area contributed by atoms with E-state index in [0.717, 1.165) is 35.1 Å². The molecule has 0 saturated carbocycles. The predicted molar refractivity (Wildman–Crippen MR) is 167 cm³/mol. The highest BCUT2D eigenvalue weighted by Gasteiger charge is 2.50. The third kappa shape index (κ3) is 6.92. The Morgan fingerprint density at radius 3 is 0.925 bits per heavy atom. The highest BCUT2D eigenvalue weighted by atomic mass is 35.5. The Bertz CT molecular complexity index is 1210. The van der Waals surface area contributed by atoms with E-state index in [2.05, 4.69) is 13.8 Å². The van der Waals surface area contributed by atoms with Crippen LogP contribution in [0.25, 0.3) is 0 Å². The maximum absolute atomic E-state index is 14.2. The Balaban J connectivity index is 1.83. The fourth-order valence-corrected chi connectivity index (χ4v) is 6.72. The van der Waals surface area contributed by atoms with Crippen LogP contribution in [0.4, 0.5) is 0 Å². The van der Waals surface area contributed by atoms with E-state index < -0.39 is 19.5 Å². The van der Waals surface area contributed by atoms with Gasteiger partial charge in [-0.15, -0.1) is 9.05 Å². The molecule has 0 heterocycles. The molecule has 0 spiro atoms. The minimum atomic E-state index is -2.69. The predicted octanol–water partition coefficient (Wildman–Crippen LogP) is 11.8. The van der Waals surface area contributed by atoms with Crippen LogP contribution in [0.3, 0.4) is 0 Å². The van der Waals surface area contributed by atoms with Crippen molar-refractivity contribution in [3.8, 4) is 0 Å². The first-order chi connectivity index (χ1) is 19.2. The summed E-state index contributed by atoms with van der Waals surface area (Å²) >= 11 is 24.9. The van der Waals surface area contributed by atoms with Crippen LogP contribution in [-0.4, -0.2) is 0 Å². The smallest absolute Gasteiger partial charge is 0.103 e. The molecule has 4 rings (SSSR count). The van der Waals surface area contributed by atoms with E-state index in [4.69, 9.17) is 55.5 Å². The maximum atomic E-state index is 14.2. The molecule has 0 aliphatic heterocycles. The van der Waals surface area contributed by atoms with Crippen molar-refractivity contribution >= 4 is 54.7 Å². The van der Waals surface area contributed by atoms with Crippen molar-refractivity contribution in [3.05, 3.63) is 139 Å². The molecule has 0 aliphatic carbocycles. The van der Waals surface area contributed by atoms with Gasteiger partial charge in [-0.2, -0.15) is 0 Å². The van der Waals surface area contributed by atoms with Crippen molar-refractivity contribution in [1.82, 2.24) is 0 Å². The van der Waals surface area contributed by atoms with Gasteiger partial charge in [0, 0.05) is 24.7 Å². The van der Waals surface area contributed by atoms with Gasteiger partial charge in [0.2, 0.25) is 0 Å². The van der Waals surface area contributed by atoms with Crippen LogP contribution in [0.1, 0.15) is 61.8 Å². The number of hydrogen-bond donors (Lipinski definition) is 0. The standard InChI is InChI=1S/C32H30Cl4O3P/c1-3-21-31(23-5-13-27(33)14-6-23,24-7-15-28(34)16-8-24)38-40(37)39-32(22-4-2,25-9-17-29(35)18-10-25)26-11-19-30(36)20-12-26/h5-20H,3-4,21-22H2,1-2H3/q+1. The van der Waals surface area contributed by atoms with Crippen LogP contribution < -0.4 is 0 Å². The van der Waals surface area contributed by atoms with Crippen LogP contribution in [0.5, 0.6) is 0 Å². The molecule has 4 aromatic rings. The summed E-state index contributed by atoms with van der Waals surface area (Å²) in [4.78, 5) is 0.